The molecule has 7 nitrogen and oxygen atoms in total. The minimum Gasteiger partial charge on any atom is -0.481 e. The lowest BCUT2D eigenvalue weighted by molar-refractivity contribution is -0.258. The van der Waals surface area contributed by atoms with Crippen LogP contribution >= 0.6 is 0 Å². The molecule has 0 saturated heterocycles. The third-order valence-corrected chi connectivity index (χ3v) is 13.4. The Kier molecular flexibility index (Phi) is 6.16. The lowest BCUT2D eigenvalue weighted by atomic mass is 9.33. The topological polar surface area (TPSA) is 138 Å². The number of fused-ring (bicyclic) bond motifs is 7. The van der Waals surface area contributed by atoms with Crippen LogP contribution in [0.1, 0.15) is 86.0 Å². The molecule has 4 fully saturated rings. The number of carboxylic acids is 1. The van der Waals surface area contributed by atoms with Gasteiger partial charge < -0.3 is 30.6 Å². The SMILES string of the molecule is CC1(C)CC[C@]2(C(=O)O)CC[C@]3(C)C(=CC[C@H]4[C@@]5(C)C[C@@H](O)[C@H](O)C(CO)(CO)[C@@H]5CC[C@]43C)[C@@H]2[C@@H]1O. The van der Waals surface area contributed by atoms with E-state index >= 15 is 0 Å². The molecule has 37 heavy (non-hydrogen) atoms. The summed E-state index contributed by atoms with van der Waals surface area (Å²) < 4.78 is 0. The molecule has 0 heterocycles. The number of aliphatic hydroxyl groups excluding tert-OH is 5. The second-order valence-electron chi connectivity index (χ2n) is 14.9. The van der Waals surface area contributed by atoms with E-state index in [1.54, 1.807) is 0 Å². The second-order valence-corrected chi connectivity index (χ2v) is 14.9. The van der Waals surface area contributed by atoms with Crippen LogP contribution in [0, 0.1) is 50.2 Å². The molecule has 5 aliphatic rings. The van der Waals surface area contributed by atoms with Crippen molar-refractivity contribution in [2.75, 3.05) is 13.2 Å². The molecule has 0 bridgehead atoms. The molecule has 7 heteroatoms. The monoisotopic (exact) mass is 520 g/mol. The van der Waals surface area contributed by atoms with Crippen LogP contribution < -0.4 is 0 Å². The maximum atomic E-state index is 12.8. The van der Waals surface area contributed by atoms with E-state index in [1.807, 2.05) is 13.8 Å². The number of carboxylic acid groups (broad SMARTS) is 1. The average molecular weight is 521 g/mol. The molecule has 0 aromatic rings. The van der Waals surface area contributed by atoms with Crippen LogP contribution in [0.5, 0.6) is 0 Å². The summed E-state index contributed by atoms with van der Waals surface area (Å²) in [6.07, 6.45) is 4.43. The van der Waals surface area contributed by atoms with Crippen LogP contribution in [0.3, 0.4) is 0 Å². The maximum Gasteiger partial charge on any atom is 0.310 e. The maximum absolute atomic E-state index is 12.8. The predicted octanol–water partition coefficient (Wildman–Crippen LogP) is 3.12. The van der Waals surface area contributed by atoms with Gasteiger partial charge >= 0.3 is 5.97 Å². The quantitative estimate of drug-likeness (QED) is 0.314. The van der Waals surface area contributed by atoms with Gasteiger partial charge in [0.15, 0.2) is 0 Å². The molecule has 10 atom stereocenters. The summed E-state index contributed by atoms with van der Waals surface area (Å²) in [7, 11) is 0. The van der Waals surface area contributed by atoms with E-state index in [0.717, 1.165) is 18.4 Å². The van der Waals surface area contributed by atoms with Crippen molar-refractivity contribution in [1.29, 1.82) is 0 Å². The normalized spacial score (nSPS) is 52.1. The van der Waals surface area contributed by atoms with Crippen molar-refractivity contribution in [2.45, 2.75) is 104 Å². The van der Waals surface area contributed by atoms with Crippen molar-refractivity contribution in [3.8, 4) is 0 Å². The Labute approximate surface area is 221 Å². The molecule has 5 aliphatic carbocycles. The molecule has 0 aliphatic heterocycles. The van der Waals surface area contributed by atoms with E-state index in [0.29, 0.717) is 38.5 Å². The number of hydrogen-bond acceptors (Lipinski definition) is 6. The van der Waals surface area contributed by atoms with Crippen molar-refractivity contribution >= 4 is 5.97 Å². The molecule has 4 saturated carbocycles. The largest absolute Gasteiger partial charge is 0.481 e. The molecule has 5 rings (SSSR count). The summed E-state index contributed by atoms with van der Waals surface area (Å²) in [5, 5.41) is 65.1. The summed E-state index contributed by atoms with van der Waals surface area (Å²) in [5.41, 5.74) is -2.32. The van der Waals surface area contributed by atoms with Gasteiger partial charge in [-0.05, 0) is 84.9 Å². The summed E-state index contributed by atoms with van der Waals surface area (Å²) in [5.74, 6) is -1.24. The highest BCUT2D eigenvalue weighted by Crippen LogP contribution is 2.75. The number of aliphatic hydroxyl groups is 5. The van der Waals surface area contributed by atoms with E-state index in [4.69, 9.17) is 0 Å². The Morgan fingerprint density at radius 1 is 0.892 bits per heavy atom. The molecule has 0 amide bonds. The Balaban J connectivity index is 1.64. The minimum atomic E-state index is -1.18. The first kappa shape index (κ1) is 27.6. The van der Waals surface area contributed by atoms with E-state index in [2.05, 4.69) is 26.8 Å². The van der Waals surface area contributed by atoms with Crippen LogP contribution in [-0.2, 0) is 4.79 Å². The Morgan fingerprint density at radius 2 is 1.51 bits per heavy atom. The number of allylic oxidation sites excluding steroid dienone is 1. The Morgan fingerprint density at radius 3 is 2.11 bits per heavy atom. The van der Waals surface area contributed by atoms with Crippen LogP contribution in [0.4, 0.5) is 0 Å². The molecule has 210 valence electrons. The zero-order valence-corrected chi connectivity index (χ0v) is 23.2. The molecular formula is C30H48O7. The number of rotatable bonds is 3. The van der Waals surface area contributed by atoms with Gasteiger partial charge in [-0.15, -0.1) is 0 Å². The fourth-order valence-electron chi connectivity index (χ4n) is 10.8. The highest BCUT2D eigenvalue weighted by Gasteiger charge is 2.72. The van der Waals surface area contributed by atoms with Gasteiger partial charge in [0.25, 0.3) is 0 Å². The average Bonchev–Trinajstić information content (AvgIpc) is 2.83. The number of carbonyl (C=O) groups is 1. The third kappa shape index (κ3) is 3.15. The summed E-state index contributed by atoms with van der Waals surface area (Å²) >= 11 is 0. The van der Waals surface area contributed by atoms with E-state index in [9.17, 15) is 35.4 Å². The summed E-state index contributed by atoms with van der Waals surface area (Å²) in [6, 6.07) is 0. The lowest BCUT2D eigenvalue weighted by Crippen LogP contribution is -2.70. The first-order chi connectivity index (χ1) is 17.1. The van der Waals surface area contributed by atoms with Gasteiger partial charge in [-0.1, -0.05) is 46.3 Å². The van der Waals surface area contributed by atoms with Gasteiger partial charge in [-0.25, -0.2) is 0 Å². The summed E-state index contributed by atoms with van der Waals surface area (Å²) in [6.45, 7) is 10.1. The fraction of sp³-hybridized carbons (Fsp3) is 0.900. The molecule has 0 radical (unpaired) electrons. The Hall–Kier alpha value is -0.990. The van der Waals surface area contributed by atoms with E-state index in [1.165, 1.54) is 0 Å². The van der Waals surface area contributed by atoms with Gasteiger partial charge in [0, 0.05) is 11.3 Å². The lowest BCUT2D eigenvalue weighted by Gasteiger charge is -2.72. The van der Waals surface area contributed by atoms with Gasteiger partial charge in [0.1, 0.15) is 0 Å². The smallest absolute Gasteiger partial charge is 0.310 e. The standard InChI is InChI=1S/C30H48O7/c1-25(2)10-12-29(24(36)37)13-11-27(4)17(21(29)23(25)35)6-7-19-26(3)14-18(33)22(34)30(15-31,16-32)20(26)8-9-28(19,27)5/h6,18-23,31-35H,7-16H2,1-5H3,(H,36,37)/t18-,19+,20-,21-,22+,23+,26-,27-,28-,29+/m1/s1. The zero-order chi connectivity index (χ0) is 27.4. The van der Waals surface area contributed by atoms with Crippen molar-refractivity contribution < 1.29 is 35.4 Å². The van der Waals surface area contributed by atoms with Gasteiger partial charge in [-0.2, -0.15) is 0 Å². The van der Waals surface area contributed by atoms with Crippen LogP contribution in [-0.4, -0.2) is 68.1 Å². The zero-order valence-electron chi connectivity index (χ0n) is 23.2. The molecule has 0 unspecified atom stereocenters. The van der Waals surface area contributed by atoms with Crippen LogP contribution in [0.25, 0.3) is 0 Å². The molecule has 0 aromatic heterocycles. The van der Waals surface area contributed by atoms with Crippen molar-refractivity contribution in [3.63, 3.8) is 0 Å². The van der Waals surface area contributed by atoms with E-state index in [-0.39, 0.29) is 41.3 Å². The predicted molar refractivity (Wildman–Crippen MR) is 138 cm³/mol. The second kappa shape index (κ2) is 8.26. The van der Waals surface area contributed by atoms with Gasteiger partial charge in [0.05, 0.1) is 36.9 Å². The Bertz CT molecular complexity index is 986. The van der Waals surface area contributed by atoms with Crippen LogP contribution in [0.15, 0.2) is 11.6 Å². The van der Waals surface area contributed by atoms with Crippen molar-refractivity contribution in [2.24, 2.45) is 50.2 Å². The van der Waals surface area contributed by atoms with Crippen molar-refractivity contribution in [3.05, 3.63) is 11.6 Å². The minimum absolute atomic E-state index is 0.123. The molecular weight excluding hydrogens is 472 g/mol. The van der Waals surface area contributed by atoms with Crippen molar-refractivity contribution in [1.82, 2.24) is 0 Å². The molecule has 0 spiro atoms. The first-order valence-electron chi connectivity index (χ1n) is 14.3. The fourth-order valence-corrected chi connectivity index (χ4v) is 10.8. The van der Waals surface area contributed by atoms with Crippen LogP contribution in [0.2, 0.25) is 0 Å². The third-order valence-electron chi connectivity index (χ3n) is 13.4. The highest BCUT2D eigenvalue weighted by molar-refractivity contribution is 5.77. The van der Waals surface area contributed by atoms with E-state index < -0.39 is 46.4 Å². The number of aliphatic carboxylic acids is 1. The molecule has 6 N–H and O–H groups in total. The summed E-state index contributed by atoms with van der Waals surface area (Å²) in [4.78, 5) is 12.8. The van der Waals surface area contributed by atoms with Gasteiger partial charge in [-0.3, -0.25) is 4.79 Å². The first-order valence-corrected chi connectivity index (χ1v) is 14.3. The number of hydrogen-bond donors (Lipinski definition) is 6. The van der Waals surface area contributed by atoms with Gasteiger partial charge in [0.2, 0.25) is 0 Å². The molecule has 0 aromatic carbocycles. The highest BCUT2D eigenvalue weighted by atomic mass is 16.4.